The molecule has 1 heterocycles. The molecule has 1 aromatic heterocycles. The molecule has 2 N–H and O–H groups in total. The molecular formula is C17H22ClN3. The van der Waals surface area contributed by atoms with Crippen molar-refractivity contribution in [2.75, 3.05) is 0 Å². The minimum absolute atomic E-state index is 0.321. The number of aromatic nitrogens is 2. The zero-order valence-electron chi connectivity index (χ0n) is 12.7. The van der Waals surface area contributed by atoms with Crippen LogP contribution in [0.25, 0.3) is 0 Å². The first-order chi connectivity index (χ1) is 10.1. The van der Waals surface area contributed by atoms with Gasteiger partial charge in [-0.15, -0.1) is 0 Å². The molecule has 3 rings (SSSR count). The van der Waals surface area contributed by atoms with E-state index >= 15 is 0 Å². The maximum Gasteiger partial charge on any atom is 0.0850 e. The molecule has 2 aromatic rings. The zero-order valence-corrected chi connectivity index (χ0v) is 13.5. The monoisotopic (exact) mass is 303 g/mol. The number of hydrogen-bond acceptors (Lipinski definition) is 2. The van der Waals surface area contributed by atoms with Crippen molar-refractivity contribution in [1.82, 2.24) is 9.78 Å². The van der Waals surface area contributed by atoms with E-state index < -0.39 is 0 Å². The molecule has 21 heavy (non-hydrogen) atoms. The molecule has 0 saturated heterocycles. The molecule has 0 radical (unpaired) electrons. The van der Waals surface area contributed by atoms with Crippen molar-refractivity contribution in [2.24, 2.45) is 5.73 Å². The number of nitrogens with two attached hydrogens (primary N) is 1. The lowest BCUT2D eigenvalue weighted by Crippen LogP contribution is -2.37. The summed E-state index contributed by atoms with van der Waals surface area (Å²) in [5.74, 6) is 0. The van der Waals surface area contributed by atoms with Gasteiger partial charge < -0.3 is 5.73 Å². The van der Waals surface area contributed by atoms with E-state index in [1.165, 1.54) is 11.1 Å². The molecular weight excluding hydrogens is 282 g/mol. The van der Waals surface area contributed by atoms with E-state index in [0.717, 1.165) is 48.6 Å². The molecule has 0 spiro atoms. The SMILES string of the molecule is CCc1nn(CC)c(CC2(N)CCc3ccccc32)c1Cl. The molecule has 0 amide bonds. The topological polar surface area (TPSA) is 43.8 Å². The fraction of sp³-hybridized carbons (Fsp3) is 0.471. The van der Waals surface area contributed by atoms with Crippen molar-refractivity contribution in [1.29, 1.82) is 0 Å². The molecule has 1 atom stereocenters. The number of halogens is 1. The summed E-state index contributed by atoms with van der Waals surface area (Å²) in [5.41, 5.74) is 11.1. The van der Waals surface area contributed by atoms with Gasteiger partial charge in [-0.05, 0) is 37.3 Å². The van der Waals surface area contributed by atoms with Crippen LogP contribution in [0.4, 0.5) is 0 Å². The van der Waals surface area contributed by atoms with Crippen molar-refractivity contribution >= 4 is 11.6 Å². The summed E-state index contributed by atoms with van der Waals surface area (Å²) in [5, 5.41) is 5.40. The normalized spacial score (nSPS) is 20.8. The molecule has 4 heteroatoms. The highest BCUT2D eigenvalue weighted by Crippen LogP contribution is 2.38. The Balaban J connectivity index is 2.00. The molecule has 1 unspecified atom stereocenters. The average molecular weight is 304 g/mol. The van der Waals surface area contributed by atoms with Crippen LogP contribution in [0.1, 0.15) is 42.8 Å². The predicted molar refractivity (Wildman–Crippen MR) is 86.6 cm³/mol. The highest BCUT2D eigenvalue weighted by atomic mass is 35.5. The lowest BCUT2D eigenvalue weighted by atomic mass is 9.88. The van der Waals surface area contributed by atoms with Gasteiger partial charge in [0.2, 0.25) is 0 Å². The first-order valence-electron chi connectivity index (χ1n) is 7.70. The minimum Gasteiger partial charge on any atom is -0.321 e. The summed E-state index contributed by atoms with van der Waals surface area (Å²) in [6.45, 7) is 5.01. The quantitative estimate of drug-likeness (QED) is 0.940. The Morgan fingerprint density at radius 2 is 2.10 bits per heavy atom. The molecule has 0 saturated carbocycles. The maximum absolute atomic E-state index is 6.75. The van der Waals surface area contributed by atoms with Crippen LogP contribution >= 0.6 is 11.6 Å². The molecule has 112 valence electrons. The van der Waals surface area contributed by atoms with E-state index in [9.17, 15) is 0 Å². The van der Waals surface area contributed by atoms with Gasteiger partial charge in [-0.2, -0.15) is 5.10 Å². The lowest BCUT2D eigenvalue weighted by Gasteiger charge is -2.26. The van der Waals surface area contributed by atoms with E-state index in [-0.39, 0.29) is 5.54 Å². The summed E-state index contributed by atoms with van der Waals surface area (Å²) in [6, 6.07) is 8.49. The summed E-state index contributed by atoms with van der Waals surface area (Å²) in [4.78, 5) is 0. The first kappa shape index (κ1) is 14.6. The Morgan fingerprint density at radius 1 is 1.33 bits per heavy atom. The van der Waals surface area contributed by atoms with Crippen LogP contribution in [0.15, 0.2) is 24.3 Å². The van der Waals surface area contributed by atoms with Crippen LogP contribution in [0.5, 0.6) is 0 Å². The van der Waals surface area contributed by atoms with Crippen molar-refractivity contribution in [2.45, 2.75) is 51.6 Å². The van der Waals surface area contributed by atoms with E-state index in [1.807, 2.05) is 4.68 Å². The summed E-state index contributed by atoms with van der Waals surface area (Å²) in [6.07, 6.45) is 3.63. The fourth-order valence-corrected chi connectivity index (χ4v) is 3.72. The molecule has 1 aromatic carbocycles. The van der Waals surface area contributed by atoms with Crippen LogP contribution in [-0.2, 0) is 31.3 Å². The van der Waals surface area contributed by atoms with Gasteiger partial charge in [0, 0.05) is 18.5 Å². The third-order valence-electron chi connectivity index (χ3n) is 4.57. The van der Waals surface area contributed by atoms with Crippen molar-refractivity contribution in [3.05, 3.63) is 51.8 Å². The smallest absolute Gasteiger partial charge is 0.0850 e. The van der Waals surface area contributed by atoms with Crippen molar-refractivity contribution in [3.63, 3.8) is 0 Å². The second kappa shape index (κ2) is 5.47. The van der Waals surface area contributed by atoms with Gasteiger partial charge in [-0.3, -0.25) is 4.68 Å². The van der Waals surface area contributed by atoms with Crippen LogP contribution in [-0.4, -0.2) is 9.78 Å². The summed E-state index contributed by atoms with van der Waals surface area (Å²) >= 11 is 6.54. The molecule has 0 aliphatic heterocycles. The van der Waals surface area contributed by atoms with E-state index in [0.29, 0.717) is 0 Å². The number of nitrogens with zero attached hydrogens (tertiary/aromatic N) is 2. The van der Waals surface area contributed by atoms with Crippen molar-refractivity contribution in [3.8, 4) is 0 Å². The van der Waals surface area contributed by atoms with Crippen LogP contribution in [0.2, 0.25) is 5.02 Å². The Morgan fingerprint density at radius 3 is 2.81 bits per heavy atom. The van der Waals surface area contributed by atoms with E-state index in [2.05, 4.69) is 43.2 Å². The number of rotatable bonds is 4. The lowest BCUT2D eigenvalue weighted by molar-refractivity contribution is 0.420. The van der Waals surface area contributed by atoms with Crippen LogP contribution in [0, 0.1) is 0 Å². The second-order valence-corrected chi connectivity index (χ2v) is 6.24. The van der Waals surface area contributed by atoms with Gasteiger partial charge >= 0.3 is 0 Å². The highest BCUT2D eigenvalue weighted by molar-refractivity contribution is 6.31. The van der Waals surface area contributed by atoms with Crippen molar-refractivity contribution < 1.29 is 0 Å². The Hall–Kier alpha value is -1.32. The Bertz CT molecular complexity index is 662. The third-order valence-corrected chi connectivity index (χ3v) is 5.01. The maximum atomic E-state index is 6.75. The Kier molecular flexibility index (Phi) is 3.80. The van der Waals surface area contributed by atoms with E-state index in [1.54, 1.807) is 0 Å². The highest BCUT2D eigenvalue weighted by Gasteiger charge is 2.36. The minimum atomic E-state index is -0.321. The number of fused-ring (bicyclic) bond motifs is 1. The predicted octanol–water partition coefficient (Wildman–Crippen LogP) is 3.46. The van der Waals surface area contributed by atoms with Crippen LogP contribution in [0.3, 0.4) is 0 Å². The largest absolute Gasteiger partial charge is 0.321 e. The number of benzene rings is 1. The van der Waals surface area contributed by atoms with Gasteiger partial charge in [0.25, 0.3) is 0 Å². The molecule has 0 fully saturated rings. The summed E-state index contributed by atoms with van der Waals surface area (Å²) in [7, 11) is 0. The molecule has 0 bridgehead atoms. The van der Waals surface area contributed by atoms with Gasteiger partial charge in [-0.25, -0.2) is 0 Å². The molecule has 3 nitrogen and oxygen atoms in total. The third kappa shape index (κ3) is 2.39. The second-order valence-electron chi connectivity index (χ2n) is 5.87. The average Bonchev–Trinajstić information content (AvgIpc) is 2.99. The standard InChI is InChI=1S/C17H22ClN3/c1-3-14-16(18)15(21(4-2)20-14)11-17(19)10-9-12-7-5-6-8-13(12)17/h5-8H,3-4,9-11,19H2,1-2H3. The van der Waals surface area contributed by atoms with Gasteiger partial charge in [0.1, 0.15) is 0 Å². The number of hydrogen-bond donors (Lipinski definition) is 1. The summed E-state index contributed by atoms with van der Waals surface area (Å²) < 4.78 is 2.01. The molecule has 1 aliphatic rings. The van der Waals surface area contributed by atoms with Gasteiger partial charge in [0.05, 0.1) is 16.4 Å². The fourth-order valence-electron chi connectivity index (χ4n) is 3.39. The zero-order chi connectivity index (χ0) is 15.0. The Labute approximate surface area is 131 Å². The van der Waals surface area contributed by atoms with E-state index in [4.69, 9.17) is 17.3 Å². The van der Waals surface area contributed by atoms with Gasteiger partial charge in [-0.1, -0.05) is 42.8 Å². The molecule has 1 aliphatic carbocycles. The number of aryl methyl sites for hydroxylation is 3. The van der Waals surface area contributed by atoms with Crippen LogP contribution < -0.4 is 5.73 Å². The first-order valence-corrected chi connectivity index (χ1v) is 8.08. The van der Waals surface area contributed by atoms with Gasteiger partial charge in [0.15, 0.2) is 0 Å².